The van der Waals surface area contributed by atoms with Crippen LogP contribution in [0.2, 0.25) is 0 Å². The SMILES string of the molecule is COc1cccc(NC(=O)[C@@H](OC(=O)CC(C)(C)C)c2ccccc2)c1. The van der Waals surface area contributed by atoms with Crippen LogP contribution in [-0.4, -0.2) is 19.0 Å². The van der Waals surface area contributed by atoms with E-state index in [2.05, 4.69) is 5.32 Å². The molecule has 1 amide bonds. The van der Waals surface area contributed by atoms with Crippen molar-refractivity contribution >= 4 is 17.6 Å². The van der Waals surface area contributed by atoms with E-state index in [9.17, 15) is 9.59 Å². The molecule has 0 aliphatic rings. The lowest BCUT2D eigenvalue weighted by Gasteiger charge is -2.21. The van der Waals surface area contributed by atoms with E-state index in [4.69, 9.17) is 9.47 Å². The number of ether oxygens (including phenoxy) is 2. The normalized spacial score (nSPS) is 12.2. The highest BCUT2D eigenvalue weighted by molar-refractivity contribution is 5.96. The van der Waals surface area contributed by atoms with Crippen LogP contribution < -0.4 is 10.1 Å². The molecule has 0 saturated carbocycles. The quantitative estimate of drug-likeness (QED) is 0.782. The molecular formula is C21H25NO4. The molecule has 0 spiro atoms. The van der Waals surface area contributed by atoms with Gasteiger partial charge in [0.05, 0.1) is 13.5 Å². The van der Waals surface area contributed by atoms with E-state index >= 15 is 0 Å². The maximum atomic E-state index is 12.8. The molecule has 5 nitrogen and oxygen atoms in total. The summed E-state index contributed by atoms with van der Waals surface area (Å²) in [5.74, 6) is -0.192. The topological polar surface area (TPSA) is 64.6 Å². The van der Waals surface area contributed by atoms with Gasteiger partial charge >= 0.3 is 5.97 Å². The highest BCUT2D eigenvalue weighted by atomic mass is 16.5. The third kappa shape index (κ3) is 5.92. The first-order chi connectivity index (χ1) is 12.3. The third-order valence-corrected chi connectivity index (χ3v) is 3.60. The molecule has 0 radical (unpaired) electrons. The fourth-order valence-corrected chi connectivity index (χ4v) is 2.42. The second-order valence-corrected chi connectivity index (χ2v) is 7.24. The smallest absolute Gasteiger partial charge is 0.307 e. The standard InChI is InChI=1S/C21H25NO4/c1-21(2,3)14-18(23)26-19(15-9-6-5-7-10-15)20(24)22-16-11-8-12-17(13-16)25-4/h5-13,19H,14H2,1-4H3,(H,22,24)/t19-/m0/s1. The summed E-state index contributed by atoms with van der Waals surface area (Å²) in [5.41, 5.74) is 0.971. The molecule has 0 unspecified atom stereocenters. The van der Waals surface area contributed by atoms with Crippen LogP contribution in [0.5, 0.6) is 5.75 Å². The molecule has 2 rings (SSSR count). The number of carbonyl (C=O) groups is 2. The van der Waals surface area contributed by atoms with E-state index < -0.39 is 18.0 Å². The molecule has 0 heterocycles. The second-order valence-electron chi connectivity index (χ2n) is 7.24. The minimum absolute atomic E-state index is 0.221. The molecule has 2 aromatic carbocycles. The van der Waals surface area contributed by atoms with Crippen LogP contribution in [0, 0.1) is 5.41 Å². The zero-order valence-corrected chi connectivity index (χ0v) is 15.6. The summed E-state index contributed by atoms with van der Waals surface area (Å²) in [7, 11) is 1.56. The molecule has 26 heavy (non-hydrogen) atoms. The van der Waals surface area contributed by atoms with Gasteiger partial charge in [-0.15, -0.1) is 0 Å². The lowest BCUT2D eigenvalue weighted by atomic mass is 9.92. The molecule has 0 aromatic heterocycles. The van der Waals surface area contributed by atoms with E-state index in [0.717, 1.165) is 0 Å². The zero-order valence-electron chi connectivity index (χ0n) is 15.6. The number of methoxy groups -OCH3 is 1. The van der Waals surface area contributed by atoms with Crippen LogP contribution in [0.1, 0.15) is 38.9 Å². The van der Waals surface area contributed by atoms with Gasteiger partial charge < -0.3 is 14.8 Å². The van der Waals surface area contributed by atoms with Gasteiger partial charge in [0, 0.05) is 17.3 Å². The Morgan fingerprint density at radius 2 is 1.73 bits per heavy atom. The van der Waals surface area contributed by atoms with Crippen LogP contribution in [0.3, 0.4) is 0 Å². The number of esters is 1. The van der Waals surface area contributed by atoms with Crippen molar-refractivity contribution in [1.29, 1.82) is 0 Å². The van der Waals surface area contributed by atoms with Gasteiger partial charge in [-0.25, -0.2) is 0 Å². The predicted molar refractivity (Wildman–Crippen MR) is 101 cm³/mol. The van der Waals surface area contributed by atoms with Crippen molar-refractivity contribution in [2.45, 2.75) is 33.3 Å². The minimum Gasteiger partial charge on any atom is -0.497 e. The molecule has 138 valence electrons. The number of hydrogen-bond donors (Lipinski definition) is 1. The third-order valence-electron chi connectivity index (χ3n) is 3.60. The Bertz CT molecular complexity index is 750. The van der Waals surface area contributed by atoms with Gasteiger partial charge in [0.25, 0.3) is 5.91 Å². The molecule has 0 aliphatic heterocycles. The van der Waals surface area contributed by atoms with E-state index in [1.165, 1.54) is 0 Å². The lowest BCUT2D eigenvalue weighted by Crippen LogP contribution is -2.27. The van der Waals surface area contributed by atoms with Crippen molar-refractivity contribution in [2.75, 3.05) is 12.4 Å². The van der Waals surface area contributed by atoms with Gasteiger partial charge in [0.15, 0.2) is 0 Å². The molecule has 0 aliphatic carbocycles. The van der Waals surface area contributed by atoms with Crippen LogP contribution in [0.25, 0.3) is 0 Å². The number of hydrogen-bond acceptors (Lipinski definition) is 4. The monoisotopic (exact) mass is 355 g/mol. The molecule has 0 saturated heterocycles. The number of carbonyl (C=O) groups excluding carboxylic acids is 2. The first kappa shape index (κ1) is 19.5. The maximum Gasteiger partial charge on any atom is 0.307 e. The van der Waals surface area contributed by atoms with Crippen molar-refractivity contribution in [2.24, 2.45) is 5.41 Å². The number of nitrogens with one attached hydrogen (secondary N) is 1. The Morgan fingerprint density at radius 1 is 1.04 bits per heavy atom. The van der Waals surface area contributed by atoms with E-state index in [1.54, 1.807) is 55.6 Å². The summed E-state index contributed by atoms with van der Waals surface area (Å²) in [6.07, 6.45) is -0.791. The number of benzene rings is 2. The van der Waals surface area contributed by atoms with Gasteiger partial charge in [-0.2, -0.15) is 0 Å². The van der Waals surface area contributed by atoms with Crippen molar-refractivity contribution in [1.82, 2.24) is 0 Å². The predicted octanol–water partition coefficient (Wildman–Crippen LogP) is 4.35. The highest BCUT2D eigenvalue weighted by Gasteiger charge is 2.27. The summed E-state index contributed by atoms with van der Waals surface area (Å²) in [6, 6.07) is 16.0. The largest absolute Gasteiger partial charge is 0.497 e. The maximum absolute atomic E-state index is 12.8. The van der Waals surface area contributed by atoms with Crippen molar-refractivity contribution < 1.29 is 19.1 Å². The summed E-state index contributed by atoms with van der Waals surface area (Å²) >= 11 is 0. The minimum atomic E-state index is -1.02. The Kier molecular flexibility index (Phi) is 6.39. The number of anilines is 1. The average Bonchev–Trinajstić information content (AvgIpc) is 2.59. The molecule has 0 bridgehead atoms. The number of amides is 1. The zero-order chi connectivity index (χ0) is 19.2. The van der Waals surface area contributed by atoms with Crippen molar-refractivity contribution in [3.63, 3.8) is 0 Å². The summed E-state index contributed by atoms with van der Waals surface area (Å²) < 4.78 is 10.7. The van der Waals surface area contributed by atoms with Gasteiger partial charge in [-0.3, -0.25) is 9.59 Å². The van der Waals surface area contributed by atoms with E-state index in [0.29, 0.717) is 17.0 Å². The van der Waals surface area contributed by atoms with E-state index in [1.807, 2.05) is 26.8 Å². The van der Waals surface area contributed by atoms with Gasteiger partial charge in [-0.05, 0) is 17.5 Å². The van der Waals surface area contributed by atoms with Crippen molar-refractivity contribution in [3.05, 3.63) is 60.2 Å². The summed E-state index contributed by atoms with van der Waals surface area (Å²) in [6.45, 7) is 5.84. The van der Waals surface area contributed by atoms with Crippen LogP contribution in [-0.2, 0) is 14.3 Å². The molecule has 5 heteroatoms. The van der Waals surface area contributed by atoms with Crippen molar-refractivity contribution in [3.8, 4) is 5.75 Å². The fraction of sp³-hybridized carbons (Fsp3) is 0.333. The highest BCUT2D eigenvalue weighted by Crippen LogP contribution is 2.25. The Morgan fingerprint density at radius 3 is 2.35 bits per heavy atom. The van der Waals surface area contributed by atoms with Gasteiger partial charge in [0.1, 0.15) is 5.75 Å². The van der Waals surface area contributed by atoms with Gasteiger partial charge in [-0.1, -0.05) is 57.2 Å². The van der Waals surface area contributed by atoms with Crippen LogP contribution >= 0.6 is 0 Å². The summed E-state index contributed by atoms with van der Waals surface area (Å²) in [5, 5.41) is 2.79. The molecule has 1 N–H and O–H groups in total. The molecule has 1 atom stereocenters. The van der Waals surface area contributed by atoms with Crippen LogP contribution in [0.15, 0.2) is 54.6 Å². The van der Waals surface area contributed by atoms with Crippen LogP contribution in [0.4, 0.5) is 5.69 Å². The Hall–Kier alpha value is -2.82. The van der Waals surface area contributed by atoms with Gasteiger partial charge in [0.2, 0.25) is 6.10 Å². The Labute approximate surface area is 154 Å². The lowest BCUT2D eigenvalue weighted by molar-refractivity contribution is -0.156. The average molecular weight is 355 g/mol. The van der Waals surface area contributed by atoms with E-state index in [-0.39, 0.29) is 11.8 Å². The molecule has 0 fully saturated rings. The summed E-state index contributed by atoms with van der Waals surface area (Å²) in [4.78, 5) is 25.1. The molecular weight excluding hydrogens is 330 g/mol. The Balaban J connectivity index is 2.19. The fourth-order valence-electron chi connectivity index (χ4n) is 2.42. The number of rotatable bonds is 6. The molecule has 2 aromatic rings. The first-order valence-electron chi connectivity index (χ1n) is 8.48. The second kappa shape index (κ2) is 8.52. The first-order valence-corrected chi connectivity index (χ1v) is 8.48.